The summed E-state index contributed by atoms with van der Waals surface area (Å²) in [5.74, 6) is 0. The molecular formula is C18H41BP2. The third-order valence-corrected chi connectivity index (χ3v) is 12.9. The smallest absolute Gasteiger partial charge is 0.0887 e. The first-order valence-electron chi connectivity index (χ1n) is 8.53. The number of hydrogen-bond donors (Lipinski definition) is 0. The molecule has 0 aliphatic rings. The molecule has 0 heterocycles. The molecule has 3 heteroatoms. The minimum Gasteiger partial charge on any atom is -0.0887 e. The SMILES string of the molecule is BCC(P(C(C)(C)C)C(C)(C)C)P(C(C)(C)C)C(C)(C)C. The largest absolute Gasteiger partial charge is 0.102 e. The van der Waals surface area contributed by atoms with Crippen LogP contribution in [0.4, 0.5) is 0 Å². The van der Waals surface area contributed by atoms with Crippen LogP contribution < -0.4 is 0 Å². The van der Waals surface area contributed by atoms with Gasteiger partial charge in [0.15, 0.2) is 0 Å². The third kappa shape index (κ3) is 6.14. The van der Waals surface area contributed by atoms with Crippen LogP contribution in [0.15, 0.2) is 0 Å². The molecular weight excluding hydrogens is 289 g/mol. The van der Waals surface area contributed by atoms with Crippen LogP contribution in [0.25, 0.3) is 0 Å². The summed E-state index contributed by atoms with van der Waals surface area (Å²) in [5, 5.41) is 2.57. The summed E-state index contributed by atoms with van der Waals surface area (Å²) in [4.78, 5) is 0. The second-order valence-electron chi connectivity index (χ2n) is 10.3. The first kappa shape index (κ1) is 21.9. The second-order valence-corrected chi connectivity index (χ2v) is 18.8. The van der Waals surface area contributed by atoms with Gasteiger partial charge >= 0.3 is 0 Å². The van der Waals surface area contributed by atoms with Crippen molar-refractivity contribution in [1.29, 1.82) is 0 Å². The third-order valence-electron chi connectivity index (χ3n) is 3.85. The predicted octanol–water partition coefficient (Wildman–Crippen LogP) is 6.52. The van der Waals surface area contributed by atoms with Crippen molar-refractivity contribution in [2.75, 3.05) is 0 Å². The summed E-state index contributed by atoms with van der Waals surface area (Å²) >= 11 is 0. The molecule has 0 nitrogen and oxygen atoms in total. The van der Waals surface area contributed by atoms with Gasteiger partial charge in [-0.25, -0.2) is 0 Å². The van der Waals surface area contributed by atoms with Gasteiger partial charge in [-0.05, 0) is 26.0 Å². The van der Waals surface area contributed by atoms with Gasteiger partial charge < -0.3 is 0 Å². The van der Waals surface area contributed by atoms with E-state index in [0.717, 1.165) is 5.40 Å². The highest BCUT2D eigenvalue weighted by Gasteiger charge is 2.48. The lowest BCUT2D eigenvalue weighted by atomic mass is 10.1. The molecule has 0 rings (SSSR count). The molecule has 0 N–H and O–H groups in total. The molecule has 0 aromatic carbocycles. The maximum Gasteiger partial charge on any atom is 0.102 e. The Balaban J connectivity index is 6.04. The van der Waals surface area contributed by atoms with Crippen LogP contribution in [0.5, 0.6) is 0 Å². The van der Waals surface area contributed by atoms with Crippen LogP contribution >= 0.6 is 15.8 Å². The maximum absolute atomic E-state index is 2.48. The average Bonchev–Trinajstić information content (AvgIpc) is 2.06. The van der Waals surface area contributed by atoms with E-state index in [4.69, 9.17) is 0 Å². The summed E-state index contributed by atoms with van der Waals surface area (Å²) in [7, 11) is 2.34. The zero-order valence-corrected chi connectivity index (χ0v) is 19.0. The van der Waals surface area contributed by atoms with E-state index in [1.54, 1.807) is 0 Å². The van der Waals surface area contributed by atoms with Gasteiger partial charge in [-0.15, -0.1) is 0 Å². The fourth-order valence-corrected chi connectivity index (χ4v) is 17.7. The Morgan fingerprint density at radius 1 is 0.571 bits per heavy atom. The average molecular weight is 330 g/mol. The molecule has 0 aromatic rings. The van der Waals surface area contributed by atoms with Crippen molar-refractivity contribution < 1.29 is 0 Å². The highest BCUT2D eigenvalue weighted by Crippen LogP contribution is 2.77. The van der Waals surface area contributed by atoms with Crippen LogP contribution in [0.3, 0.4) is 0 Å². The fourth-order valence-electron chi connectivity index (χ4n) is 4.28. The Kier molecular flexibility index (Phi) is 7.11. The van der Waals surface area contributed by atoms with Crippen molar-refractivity contribution >= 4 is 23.7 Å². The molecule has 0 unspecified atom stereocenters. The van der Waals surface area contributed by atoms with Crippen molar-refractivity contribution in [2.24, 2.45) is 0 Å². The van der Waals surface area contributed by atoms with Gasteiger partial charge in [-0.1, -0.05) is 105 Å². The molecule has 126 valence electrons. The molecule has 0 saturated carbocycles. The van der Waals surface area contributed by atoms with Gasteiger partial charge in [0.05, 0.1) is 0 Å². The monoisotopic (exact) mass is 330 g/mol. The van der Waals surface area contributed by atoms with E-state index in [1.807, 2.05) is 0 Å². The Hall–Kier alpha value is 0.925. The number of hydrogen-bond acceptors (Lipinski definition) is 0. The van der Waals surface area contributed by atoms with Crippen LogP contribution in [-0.2, 0) is 0 Å². The van der Waals surface area contributed by atoms with Crippen molar-refractivity contribution in [3.05, 3.63) is 0 Å². The van der Waals surface area contributed by atoms with Crippen molar-refractivity contribution in [2.45, 2.75) is 115 Å². The van der Waals surface area contributed by atoms with E-state index in [0.29, 0.717) is 20.6 Å². The quantitative estimate of drug-likeness (QED) is 0.408. The normalized spacial score (nSPS) is 15.4. The maximum atomic E-state index is 2.48. The molecule has 0 aliphatic heterocycles. The Labute approximate surface area is 139 Å². The molecule has 0 atom stereocenters. The van der Waals surface area contributed by atoms with E-state index in [2.05, 4.69) is 90.9 Å². The Bertz CT molecular complexity index is 263. The standard InChI is InChI=1S/C18H41BP2/c1-15(2,3)20(16(4,5)6)14(13-19)21(17(7,8)9)18(10,11)12/h14H,13,19H2,1-12H3. The van der Waals surface area contributed by atoms with E-state index in [1.165, 1.54) is 6.32 Å². The van der Waals surface area contributed by atoms with Crippen molar-refractivity contribution in [3.8, 4) is 0 Å². The molecule has 0 saturated heterocycles. The first-order chi connectivity index (χ1) is 8.94. The summed E-state index contributed by atoms with van der Waals surface area (Å²) in [6.07, 6.45) is 1.33. The van der Waals surface area contributed by atoms with Crippen LogP contribution in [-0.4, -0.2) is 33.9 Å². The van der Waals surface area contributed by atoms with E-state index in [-0.39, 0.29) is 15.8 Å². The van der Waals surface area contributed by atoms with Gasteiger partial charge in [-0.3, -0.25) is 0 Å². The molecule has 0 spiro atoms. The predicted molar refractivity (Wildman–Crippen MR) is 110 cm³/mol. The van der Waals surface area contributed by atoms with E-state index in [9.17, 15) is 0 Å². The number of rotatable bonds is 3. The molecule has 0 fully saturated rings. The van der Waals surface area contributed by atoms with Crippen molar-refractivity contribution in [3.63, 3.8) is 0 Å². The van der Waals surface area contributed by atoms with Gasteiger partial charge in [-0.2, -0.15) is 0 Å². The summed E-state index contributed by atoms with van der Waals surface area (Å²) in [6.45, 7) is 29.7. The Morgan fingerprint density at radius 2 is 0.762 bits per heavy atom. The Morgan fingerprint density at radius 3 is 0.857 bits per heavy atom. The lowest BCUT2D eigenvalue weighted by Crippen LogP contribution is -2.37. The van der Waals surface area contributed by atoms with E-state index < -0.39 is 0 Å². The molecule has 0 bridgehead atoms. The minimum atomic E-state index is -0.0454. The fraction of sp³-hybridized carbons (Fsp3) is 1.00. The summed E-state index contributed by atoms with van der Waals surface area (Å²) in [5.41, 5.74) is 0. The minimum absolute atomic E-state index is 0.0454. The molecule has 21 heavy (non-hydrogen) atoms. The molecule has 0 aliphatic carbocycles. The lowest BCUT2D eigenvalue weighted by Gasteiger charge is -2.55. The van der Waals surface area contributed by atoms with E-state index >= 15 is 0 Å². The molecule has 0 amide bonds. The molecule has 0 radical (unpaired) electrons. The first-order valence-corrected chi connectivity index (χ1v) is 11.3. The zero-order chi connectivity index (χ0) is 17.4. The van der Waals surface area contributed by atoms with Gasteiger partial charge in [0.1, 0.15) is 7.85 Å². The highest BCUT2D eigenvalue weighted by atomic mass is 31.2. The topological polar surface area (TPSA) is 0 Å². The summed E-state index contributed by atoms with van der Waals surface area (Å²) < 4.78 is 0. The van der Waals surface area contributed by atoms with Gasteiger partial charge in [0, 0.05) is 0 Å². The van der Waals surface area contributed by atoms with Crippen LogP contribution in [0.1, 0.15) is 83.1 Å². The van der Waals surface area contributed by atoms with Crippen molar-refractivity contribution in [1.82, 2.24) is 0 Å². The second kappa shape index (κ2) is 6.81. The molecule has 0 aromatic heterocycles. The zero-order valence-electron chi connectivity index (χ0n) is 17.2. The lowest BCUT2D eigenvalue weighted by molar-refractivity contribution is 0.681. The van der Waals surface area contributed by atoms with Crippen LogP contribution in [0.2, 0.25) is 6.32 Å². The van der Waals surface area contributed by atoms with Gasteiger partial charge in [0.2, 0.25) is 0 Å². The van der Waals surface area contributed by atoms with Gasteiger partial charge in [0.25, 0.3) is 0 Å². The summed E-state index contributed by atoms with van der Waals surface area (Å²) in [6, 6.07) is 0. The van der Waals surface area contributed by atoms with Crippen LogP contribution in [0, 0.1) is 0 Å². The highest BCUT2D eigenvalue weighted by molar-refractivity contribution is 7.78.